The van der Waals surface area contributed by atoms with Crippen molar-refractivity contribution in [3.05, 3.63) is 65.7 Å². The van der Waals surface area contributed by atoms with Crippen molar-refractivity contribution >= 4 is 15.7 Å². The summed E-state index contributed by atoms with van der Waals surface area (Å²) in [6, 6.07) is 16.7. The lowest BCUT2D eigenvalue weighted by atomic mass is 9.86. The van der Waals surface area contributed by atoms with E-state index in [2.05, 4.69) is 25.5 Å². The molecule has 0 aliphatic heterocycles. The monoisotopic (exact) mass is 303 g/mol. The summed E-state index contributed by atoms with van der Waals surface area (Å²) in [4.78, 5) is 0. The van der Waals surface area contributed by atoms with Crippen molar-refractivity contribution in [1.82, 2.24) is 0 Å². The van der Waals surface area contributed by atoms with E-state index in [0.717, 1.165) is 11.1 Å². The van der Waals surface area contributed by atoms with Crippen molar-refractivity contribution in [1.29, 1.82) is 0 Å². The molecular weight excluding hydrogens is 282 g/mol. The normalized spacial score (nSPS) is 12.1. The van der Waals surface area contributed by atoms with Crippen LogP contribution < -0.4 is 4.72 Å². The molecule has 0 fully saturated rings. The molecule has 0 atom stereocenters. The van der Waals surface area contributed by atoms with Crippen molar-refractivity contribution in [2.24, 2.45) is 0 Å². The van der Waals surface area contributed by atoms with Gasteiger partial charge >= 0.3 is 0 Å². The Bertz CT molecular complexity index is 701. The second kappa shape index (κ2) is 5.90. The van der Waals surface area contributed by atoms with Gasteiger partial charge in [0.1, 0.15) is 0 Å². The lowest BCUT2D eigenvalue weighted by Crippen LogP contribution is -2.20. The minimum absolute atomic E-state index is 0.0215. The van der Waals surface area contributed by atoms with Gasteiger partial charge in [-0.3, -0.25) is 4.72 Å². The largest absolute Gasteiger partial charge is 0.283 e. The average molecular weight is 303 g/mol. The maximum absolute atomic E-state index is 12.3. The molecule has 1 N–H and O–H groups in total. The van der Waals surface area contributed by atoms with E-state index in [1.165, 1.54) is 0 Å². The van der Waals surface area contributed by atoms with E-state index < -0.39 is 10.0 Å². The van der Waals surface area contributed by atoms with Crippen molar-refractivity contribution in [3.8, 4) is 0 Å². The fraction of sp³-hybridized carbons (Fsp3) is 0.294. The molecule has 0 aliphatic rings. The molecule has 0 amide bonds. The molecular formula is C17H21NO2S. The first-order valence-corrected chi connectivity index (χ1v) is 8.57. The zero-order valence-corrected chi connectivity index (χ0v) is 13.4. The molecule has 21 heavy (non-hydrogen) atoms. The molecule has 0 unspecified atom stereocenters. The fourth-order valence-corrected chi connectivity index (χ4v) is 3.44. The highest BCUT2D eigenvalue weighted by Crippen LogP contribution is 2.30. The van der Waals surface area contributed by atoms with Gasteiger partial charge in [-0.1, -0.05) is 69.3 Å². The van der Waals surface area contributed by atoms with Crippen LogP contribution in [0.15, 0.2) is 54.6 Å². The summed E-state index contributed by atoms with van der Waals surface area (Å²) in [6.07, 6.45) is 0. The van der Waals surface area contributed by atoms with E-state index >= 15 is 0 Å². The first-order valence-electron chi connectivity index (χ1n) is 6.92. The van der Waals surface area contributed by atoms with Crippen LogP contribution in [-0.4, -0.2) is 8.42 Å². The number of rotatable bonds is 4. The Morgan fingerprint density at radius 2 is 1.48 bits per heavy atom. The van der Waals surface area contributed by atoms with Gasteiger partial charge < -0.3 is 0 Å². The smallest absolute Gasteiger partial charge is 0.236 e. The summed E-state index contributed by atoms with van der Waals surface area (Å²) in [5, 5.41) is 0. The molecule has 0 aromatic heterocycles. The minimum atomic E-state index is -3.42. The lowest BCUT2D eigenvalue weighted by molar-refractivity contribution is 0.590. The molecule has 3 nitrogen and oxygen atoms in total. The Hall–Kier alpha value is -1.81. The van der Waals surface area contributed by atoms with Gasteiger partial charge in [0.15, 0.2) is 0 Å². The Kier molecular flexibility index (Phi) is 4.37. The highest BCUT2D eigenvalue weighted by Gasteiger charge is 2.20. The van der Waals surface area contributed by atoms with Crippen molar-refractivity contribution in [3.63, 3.8) is 0 Å². The summed E-state index contributed by atoms with van der Waals surface area (Å²) < 4.78 is 27.4. The molecule has 0 radical (unpaired) electrons. The number of benzene rings is 2. The van der Waals surface area contributed by atoms with Crippen LogP contribution in [0.1, 0.15) is 31.9 Å². The van der Waals surface area contributed by atoms with Gasteiger partial charge in [-0.05, 0) is 22.6 Å². The second-order valence-corrected chi connectivity index (χ2v) is 7.86. The highest BCUT2D eigenvalue weighted by molar-refractivity contribution is 7.91. The zero-order valence-electron chi connectivity index (χ0n) is 12.6. The molecule has 0 heterocycles. The van der Waals surface area contributed by atoms with Crippen LogP contribution in [0.3, 0.4) is 0 Å². The molecule has 0 aliphatic carbocycles. The van der Waals surface area contributed by atoms with E-state index in [0.29, 0.717) is 5.69 Å². The number of hydrogen-bond donors (Lipinski definition) is 1. The highest BCUT2D eigenvalue weighted by atomic mass is 32.2. The standard InChI is InChI=1S/C17H21NO2S/c1-17(2,3)15-11-7-8-12-16(15)18-21(19,20)13-14-9-5-4-6-10-14/h4-12,18H,13H2,1-3H3. The third kappa shape index (κ3) is 4.33. The average Bonchev–Trinajstić information content (AvgIpc) is 2.38. The summed E-state index contributed by atoms with van der Waals surface area (Å²) in [6.45, 7) is 6.20. The summed E-state index contributed by atoms with van der Waals surface area (Å²) in [7, 11) is -3.42. The maximum Gasteiger partial charge on any atom is 0.236 e. The van der Waals surface area contributed by atoms with E-state index in [-0.39, 0.29) is 11.2 Å². The van der Waals surface area contributed by atoms with Crippen LogP contribution in [0, 0.1) is 0 Å². The van der Waals surface area contributed by atoms with Gasteiger partial charge in [0.25, 0.3) is 0 Å². The predicted octanol–water partition coefficient (Wildman–Crippen LogP) is 3.93. The SMILES string of the molecule is CC(C)(C)c1ccccc1NS(=O)(=O)Cc1ccccc1. The van der Waals surface area contributed by atoms with Gasteiger partial charge in [-0.2, -0.15) is 0 Å². The third-order valence-electron chi connectivity index (χ3n) is 3.20. The van der Waals surface area contributed by atoms with E-state index in [4.69, 9.17) is 0 Å². The maximum atomic E-state index is 12.3. The van der Waals surface area contributed by atoms with Gasteiger partial charge in [0.2, 0.25) is 10.0 Å². The second-order valence-electron chi connectivity index (χ2n) is 6.14. The molecule has 0 saturated carbocycles. The minimum Gasteiger partial charge on any atom is -0.283 e. The van der Waals surface area contributed by atoms with Crippen LogP contribution in [0.4, 0.5) is 5.69 Å². The first-order chi connectivity index (χ1) is 9.78. The van der Waals surface area contributed by atoms with Gasteiger partial charge in [-0.25, -0.2) is 8.42 Å². The van der Waals surface area contributed by atoms with Crippen LogP contribution in [0.25, 0.3) is 0 Å². The van der Waals surface area contributed by atoms with Crippen LogP contribution in [-0.2, 0) is 21.2 Å². The van der Waals surface area contributed by atoms with Crippen LogP contribution >= 0.6 is 0 Å². The summed E-state index contributed by atoms with van der Waals surface area (Å²) in [5.74, 6) is -0.0215. The third-order valence-corrected chi connectivity index (χ3v) is 4.44. The topological polar surface area (TPSA) is 46.2 Å². The molecule has 0 bridgehead atoms. The number of para-hydroxylation sites is 1. The summed E-state index contributed by atoms with van der Waals surface area (Å²) >= 11 is 0. The van der Waals surface area contributed by atoms with Gasteiger partial charge in [-0.15, -0.1) is 0 Å². The lowest BCUT2D eigenvalue weighted by Gasteiger charge is -2.23. The van der Waals surface area contributed by atoms with Crippen molar-refractivity contribution in [2.45, 2.75) is 31.9 Å². The predicted molar refractivity (Wildman–Crippen MR) is 87.8 cm³/mol. The summed E-state index contributed by atoms with van der Waals surface area (Å²) in [5.41, 5.74) is 2.30. The molecule has 4 heteroatoms. The molecule has 0 saturated heterocycles. The number of nitrogens with one attached hydrogen (secondary N) is 1. The number of anilines is 1. The van der Waals surface area contributed by atoms with E-state index in [1.807, 2.05) is 54.6 Å². The number of sulfonamides is 1. The van der Waals surface area contributed by atoms with E-state index in [9.17, 15) is 8.42 Å². The van der Waals surface area contributed by atoms with Crippen LogP contribution in [0.5, 0.6) is 0 Å². The Morgan fingerprint density at radius 3 is 2.10 bits per heavy atom. The van der Waals surface area contributed by atoms with Crippen molar-refractivity contribution in [2.75, 3.05) is 4.72 Å². The van der Waals surface area contributed by atoms with Crippen LogP contribution in [0.2, 0.25) is 0 Å². The molecule has 112 valence electrons. The number of hydrogen-bond acceptors (Lipinski definition) is 2. The Balaban J connectivity index is 2.26. The van der Waals surface area contributed by atoms with E-state index in [1.54, 1.807) is 0 Å². The zero-order chi connectivity index (χ0) is 15.5. The van der Waals surface area contributed by atoms with Gasteiger partial charge in [0.05, 0.1) is 11.4 Å². The Labute approximate surface area is 127 Å². The first kappa shape index (κ1) is 15.6. The quantitative estimate of drug-likeness (QED) is 0.930. The Morgan fingerprint density at radius 1 is 0.905 bits per heavy atom. The molecule has 2 aromatic rings. The molecule has 2 aromatic carbocycles. The molecule has 0 spiro atoms. The van der Waals surface area contributed by atoms with Crippen molar-refractivity contribution < 1.29 is 8.42 Å². The van der Waals surface area contributed by atoms with Gasteiger partial charge in [0, 0.05) is 0 Å². The fourth-order valence-electron chi connectivity index (χ4n) is 2.22. The molecule has 2 rings (SSSR count).